The predicted molar refractivity (Wildman–Crippen MR) is 269 cm³/mol. The van der Waals surface area contributed by atoms with Gasteiger partial charge in [-0.15, -0.1) is 55.2 Å². The molecule has 0 spiro atoms. The van der Waals surface area contributed by atoms with Gasteiger partial charge in [0.1, 0.15) is 0 Å². The number of benzene rings is 6. The summed E-state index contributed by atoms with van der Waals surface area (Å²) in [4.78, 5) is 0. The van der Waals surface area contributed by atoms with E-state index < -0.39 is 28.9 Å². The van der Waals surface area contributed by atoms with Gasteiger partial charge in [-0.3, -0.25) is 0 Å². The summed E-state index contributed by atoms with van der Waals surface area (Å²) in [6.45, 7) is 9.96. The van der Waals surface area contributed by atoms with E-state index in [0.29, 0.717) is 0 Å². The zero-order valence-electron chi connectivity index (χ0n) is 36.7. The fraction of sp³-hybridized carbons (Fsp3) is 0.250. The Morgan fingerprint density at radius 3 is 1.34 bits per heavy atom. The molecule has 0 N–H and O–H groups in total. The average molecular weight is 943 g/mol. The third-order valence-corrected chi connectivity index (χ3v) is 21.2. The molecule has 2 aliphatic carbocycles. The summed E-state index contributed by atoms with van der Waals surface area (Å²) in [5.41, 5.74) is 20.3. The molecule has 2 heterocycles. The first-order valence-electron chi connectivity index (χ1n) is 22.6. The van der Waals surface area contributed by atoms with E-state index in [1.807, 2.05) is 0 Å². The number of hydrogen-bond donors (Lipinski definition) is 0. The molecule has 2 nitrogen and oxygen atoms in total. The molecule has 0 atom stereocenters. The SMILES string of the molecule is CC[Si](CC)([c-]1c(C)cc2c(-c3ccc4c(c3)c3ccccc3n4C)c3c(cc21)CCC3)[c-]1c(C)cc2c(-c3ccc4c(c3)c3ccccc3n4C)c3c(cc21)CCC3.[Cl][Zr+2][Cl]. The number of nitrogens with zero attached hydrogens (tertiary/aromatic N) is 2. The molecular weight excluding hydrogens is 891 g/mol. The molecule has 12 rings (SSSR count). The molecule has 0 fully saturated rings. The third-order valence-electron chi connectivity index (χ3n) is 15.5. The molecule has 2 aliphatic rings. The number of fused-ring (bicyclic) bond motifs is 10. The normalized spacial score (nSPS) is 13.8. The molecule has 308 valence electrons. The first-order valence-corrected chi connectivity index (χ1v) is 31.4. The minimum absolute atomic E-state index is 0.826. The van der Waals surface area contributed by atoms with Crippen LogP contribution < -0.4 is 10.4 Å². The van der Waals surface area contributed by atoms with Gasteiger partial charge in [0.05, 0.1) is 0 Å². The van der Waals surface area contributed by atoms with Crippen LogP contribution in [0.15, 0.2) is 109 Å². The van der Waals surface area contributed by atoms with Gasteiger partial charge in [-0.1, -0.05) is 122 Å². The van der Waals surface area contributed by atoms with Crippen LogP contribution in [0.3, 0.4) is 0 Å². The zero-order chi connectivity index (χ0) is 42.6. The molecule has 0 amide bonds. The molecule has 6 heteroatoms. The standard InChI is InChI=1S/C56H52N2Si.2ClH.Zr/c1-7-59(8-2,55-33(3)27-45-47(55)29-35-15-13-19-39(35)53(45)37-23-25-51-43(31-37)41-17-9-11-21-49(41)57(51)5)56-34(4)28-46-48(56)30-36-16-14-20-40(36)54(46)38-24-26-52-44(32-38)42-18-10-12-22-50(42)58(52)6;;;/h9-12,17-18,21-32H,7-8,13-16,19-20H2,1-6H3;2*1H;/q-2;;;+4/p-2. The molecular formula is C56H52Cl2N2SiZr. The Labute approximate surface area is 384 Å². The fourth-order valence-corrected chi connectivity index (χ4v) is 18.2. The Morgan fingerprint density at radius 1 is 0.516 bits per heavy atom. The van der Waals surface area contributed by atoms with E-state index in [4.69, 9.17) is 17.0 Å². The summed E-state index contributed by atoms with van der Waals surface area (Å²) >= 11 is -0.826. The van der Waals surface area contributed by atoms with E-state index in [-0.39, 0.29) is 0 Å². The van der Waals surface area contributed by atoms with Gasteiger partial charge >= 0.3 is 37.9 Å². The molecule has 2 aromatic heterocycles. The summed E-state index contributed by atoms with van der Waals surface area (Å²) in [6.07, 6.45) is 7.19. The Kier molecular flexibility index (Phi) is 10.2. The quantitative estimate of drug-likeness (QED) is 0.116. The topological polar surface area (TPSA) is 9.86 Å². The second kappa shape index (κ2) is 15.5. The van der Waals surface area contributed by atoms with Crippen LogP contribution in [0.5, 0.6) is 0 Å². The molecule has 0 saturated heterocycles. The van der Waals surface area contributed by atoms with Crippen LogP contribution in [0.2, 0.25) is 12.1 Å². The maximum absolute atomic E-state index is 4.93. The van der Waals surface area contributed by atoms with Gasteiger partial charge in [0.25, 0.3) is 0 Å². The van der Waals surface area contributed by atoms with Crippen LogP contribution in [0.4, 0.5) is 0 Å². The number of halogens is 2. The minimum atomic E-state index is -2.28. The molecule has 10 aromatic rings. The molecule has 0 unspecified atom stereocenters. The van der Waals surface area contributed by atoms with Crippen LogP contribution in [-0.2, 0) is 60.6 Å². The van der Waals surface area contributed by atoms with Crippen molar-refractivity contribution in [2.24, 2.45) is 14.1 Å². The number of rotatable bonds is 6. The fourth-order valence-electron chi connectivity index (χ4n) is 12.9. The predicted octanol–water partition coefficient (Wildman–Crippen LogP) is 14.6. The number of para-hydroxylation sites is 2. The van der Waals surface area contributed by atoms with E-state index in [1.165, 1.54) is 138 Å². The van der Waals surface area contributed by atoms with Crippen molar-refractivity contribution in [1.29, 1.82) is 0 Å². The molecule has 0 aliphatic heterocycles. The number of hydrogen-bond acceptors (Lipinski definition) is 0. The van der Waals surface area contributed by atoms with Crippen molar-refractivity contribution in [2.45, 2.75) is 78.3 Å². The van der Waals surface area contributed by atoms with E-state index in [2.05, 4.69) is 160 Å². The Morgan fingerprint density at radius 2 is 0.919 bits per heavy atom. The Bertz CT molecular complexity index is 3220. The van der Waals surface area contributed by atoms with E-state index in [1.54, 1.807) is 43.4 Å². The van der Waals surface area contributed by atoms with Gasteiger partial charge in [-0.2, -0.15) is 12.1 Å². The van der Waals surface area contributed by atoms with E-state index in [0.717, 1.165) is 0 Å². The van der Waals surface area contributed by atoms with Gasteiger partial charge in [0, 0.05) is 65.8 Å². The van der Waals surface area contributed by atoms with Crippen molar-refractivity contribution in [3.63, 3.8) is 0 Å². The molecule has 62 heavy (non-hydrogen) atoms. The molecule has 8 aromatic carbocycles. The average Bonchev–Trinajstić information content (AvgIpc) is 4.16. The Hall–Kier alpha value is -4.18. The maximum atomic E-state index is 4.93. The van der Waals surface area contributed by atoms with Gasteiger partial charge in [-0.25, -0.2) is 0 Å². The third kappa shape index (κ3) is 5.82. The van der Waals surface area contributed by atoms with Crippen molar-refractivity contribution in [3.05, 3.63) is 143 Å². The van der Waals surface area contributed by atoms with Crippen molar-refractivity contribution in [2.75, 3.05) is 0 Å². The summed E-state index contributed by atoms with van der Waals surface area (Å²) in [6, 6.07) is 45.5. The number of aryl methyl sites for hydroxylation is 6. The second-order valence-electron chi connectivity index (χ2n) is 18.3. The number of aromatic nitrogens is 2. The van der Waals surface area contributed by atoms with Gasteiger partial charge < -0.3 is 9.13 Å². The van der Waals surface area contributed by atoms with Gasteiger partial charge in [0.2, 0.25) is 0 Å². The molecule has 0 saturated carbocycles. The van der Waals surface area contributed by atoms with Crippen molar-refractivity contribution < 1.29 is 20.8 Å². The van der Waals surface area contributed by atoms with Crippen LogP contribution >= 0.6 is 17.0 Å². The van der Waals surface area contributed by atoms with Crippen LogP contribution in [0.25, 0.3) is 87.4 Å². The van der Waals surface area contributed by atoms with E-state index >= 15 is 0 Å². The van der Waals surface area contributed by atoms with Crippen molar-refractivity contribution >= 4 is 101 Å². The summed E-state index contributed by atoms with van der Waals surface area (Å²) in [5, 5.41) is 14.9. The zero-order valence-corrected chi connectivity index (χ0v) is 41.7. The van der Waals surface area contributed by atoms with E-state index in [9.17, 15) is 0 Å². The molecule has 0 bridgehead atoms. The van der Waals surface area contributed by atoms with Gasteiger partial charge in [-0.05, 0) is 86.1 Å². The second-order valence-corrected chi connectivity index (χ2v) is 26.6. The first-order chi connectivity index (χ1) is 30.2. The monoisotopic (exact) mass is 940 g/mol. The summed E-state index contributed by atoms with van der Waals surface area (Å²) < 4.78 is 4.73. The Balaban J connectivity index is 0.00000140. The molecule has 0 radical (unpaired) electrons. The summed E-state index contributed by atoms with van der Waals surface area (Å²) in [5.74, 6) is 0. The first kappa shape index (κ1) is 40.6. The van der Waals surface area contributed by atoms with Crippen molar-refractivity contribution in [3.8, 4) is 22.3 Å². The van der Waals surface area contributed by atoms with Crippen LogP contribution in [0, 0.1) is 13.8 Å². The van der Waals surface area contributed by atoms with Gasteiger partial charge in [0.15, 0.2) is 0 Å². The van der Waals surface area contributed by atoms with Crippen molar-refractivity contribution in [1.82, 2.24) is 9.13 Å². The van der Waals surface area contributed by atoms with Crippen LogP contribution in [0.1, 0.15) is 60.1 Å². The summed E-state index contributed by atoms with van der Waals surface area (Å²) in [7, 11) is 12.0. The van der Waals surface area contributed by atoms with Crippen LogP contribution in [-0.4, -0.2) is 17.2 Å².